The molecule has 0 amide bonds. The minimum atomic E-state index is -0.489. The summed E-state index contributed by atoms with van der Waals surface area (Å²) in [5, 5.41) is 20.9. The van der Waals surface area contributed by atoms with Crippen molar-refractivity contribution in [1.29, 1.82) is 0 Å². The number of benzene rings is 4. The Balaban J connectivity index is 0.000000234. The van der Waals surface area contributed by atoms with Crippen molar-refractivity contribution in [2.45, 2.75) is 0 Å². The van der Waals surface area contributed by atoms with Crippen LogP contribution in [0.5, 0.6) is 0 Å². The molecule has 4 aromatic carbocycles. The third-order valence-electron chi connectivity index (χ3n) is 4.92. The van der Waals surface area contributed by atoms with Gasteiger partial charge in [0.25, 0.3) is 11.4 Å². The monoisotopic (exact) mass is 514 g/mol. The zero-order chi connectivity index (χ0) is 27.9. The van der Waals surface area contributed by atoms with E-state index in [1.807, 2.05) is 12.1 Å². The number of carbonyl (C=O) groups excluding carboxylic acids is 2. The molecule has 10 heteroatoms. The maximum absolute atomic E-state index is 12.0. The highest BCUT2D eigenvalue weighted by molar-refractivity contribution is 6.09. The van der Waals surface area contributed by atoms with Gasteiger partial charge in [-0.25, -0.2) is 0 Å². The van der Waals surface area contributed by atoms with Gasteiger partial charge in [-0.1, -0.05) is 60.7 Å². The molecule has 0 atom stereocenters. The maximum atomic E-state index is 12.0. The summed E-state index contributed by atoms with van der Waals surface area (Å²) in [6.07, 6.45) is 0. The lowest BCUT2D eigenvalue weighted by molar-refractivity contribution is -0.385. The van der Waals surface area contributed by atoms with E-state index in [0.717, 1.165) is 0 Å². The molecule has 0 aliphatic carbocycles. The van der Waals surface area contributed by atoms with Crippen LogP contribution in [-0.2, 0) is 0 Å². The number of nitro benzene ring substituents is 2. The first-order chi connectivity index (χ1) is 18.3. The highest BCUT2D eigenvalue weighted by atomic mass is 16.6. The SMILES string of the molecule is NCCN.O=C(c1ccccc1)c1ccc([N+](=O)[O-])cc1.O=C(c1ccccc1)c1ccc([N+](=O)[O-])cc1. The van der Waals surface area contributed by atoms with Crippen LogP contribution in [0.2, 0.25) is 0 Å². The van der Waals surface area contributed by atoms with E-state index >= 15 is 0 Å². The first-order valence-corrected chi connectivity index (χ1v) is 11.4. The molecule has 0 aromatic heterocycles. The number of hydrogen-bond donors (Lipinski definition) is 2. The molecule has 4 aromatic rings. The van der Waals surface area contributed by atoms with Gasteiger partial charge in [-0.2, -0.15) is 0 Å². The molecule has 0 fully saturated rings. The average Bonchev–Trinajstić information content (AvgIpc) is 2.98. The first-order valence-electron chi connectivity index (χ1n) is 11.4. The zero-order valence-corrected chi connectivity index (χ0v) is 20.3. The Morgan fingerprint density at radius 1 is 0.500 bits per heavy atom. The summed E-state index contributed by atoms with van der Waals surface area (Å²) in [4.78, 5) is 43.9. The summed E-state index contributed by atoms with van der Waals surface area (Å²) in [7, 11) is 0. The number of nitro groups is 2. The second-order valence-corrected chi connectivity index (χ2v) is 7.58. The highest BCUT2D eigenvalue weighted by Crippen LogP contribution is 2.16. The van der Waals surface area contributed by atoms with Crippen LogP contribution in [-0.4, -0.2) is 34.5 Å². The molecule has 10 nitrogen and oxygen atoms in total. The fourth-order valence-electron chi connectivity index (χ4n) is 2.98. The quantitative estimate of drug-likeness (QED) is 0.205. The second kappa shape index (κ2) is 15.1. The van der Waals surface area contributed by atoms with Gasteiger partial charge in [0.2, 0.25) is 0 Å². The predicted octanol–water partition coefficient (Wildman–Crippen LogP) is 4.56. The minimum absolute atomic E-state index is 0.0189. The Kier molecular flexibility index (Phi) is 11.6. The van der Waals surface area contributed by atoms with Crippen LogP contribution < -0.4 is 11.5 Å². The largest absolute Gasteiger partial charge is 0.329 e. The van der Waals surface area contributed by atoms with Gasteiger partial charge in [0, 0.05) is 59.6 Å². The van der Waals surface area contributed by atoms with Crippen LogP contribution in [0.15, 0.2) is 109 Å². The van der Waals surface area contributed by atoms with Crippen LogP contribution in [0, 0.1) is 20.2 Å². The fraction of sp³-hybridized carbons (Fsp3) is 0.0714. The Hall–Kier alpha value is -5.06. The van der Waals surface area contributed by atoms with Gasteiger partial charge in [0.1, 0.15) is 0 Å². The van der Waals surface area contributed by atoms with Crippen molar-refractivity contribution in [2.75, 3.05) is 13.1 Å². The molecule has 0 spiro atoms. The van der Waals surface area contributed by atoms with Gasteiger partial charge in [-0.3, -0.25) is 29.8 Å². The smallest absolute Gasteiger partial charge is 0.269 e. The van der Waals surface area contributed by atoms with Crippen LogP contribution in [0.4, 0.5) is 11.4 Å². The molecule has 0 aliphatic heterocycles. The summed E-state index contributed by atoms with van der Waals surface area (Å²) < 4.78 is 0. The number of nitrogens with two attached hydrogens (primary N) is 2. The number of nitrogens with zero attached hydrogens (tertiary/aromatic N) is 2. The van der Waals surface area contributed by atoms with E-state index in [-0.39, 0.29) is 22.9 Å². The number of ketones is 2. The zero-order valence-electron chi connectivity index (χ0n) is 20.3. The molecule has 0 unspecified atom stereocenters. The molecule has 194 valence electrons. The van der Waals surface area contributed by atoms with E-state index in [4.69, 9.17) is 11.5 Å². The van der Waals surface area contributed by atoms with Crippen molar-refractivity contribution in [3.8, 4) is 0 Å². The summed E-state index contributed by atoms with van der Waals surface area (Å²) in [5.74, 6) is -0.277. The molecular weight excluding hydrogens is 488 g/mol. The highest BCUT2D eigenvalue weighted by Gasteiger charge is 2.12. The molecule has 0 heterocycles. The summed E-state index contributed by atoms with van der Waals surface area (Å²) >= 11 is 0. The van der Waals surface area contributed by atoms with Crippen molar-refractivity contribution >= 4 is 22.9 Å². The van der Waals surface area contributed by atoms with Gasteiger partial charge < -0.3 is 11.5 Å². The third-order valence-corrected chi connectivity index (χ3v) is 4.92. The van der Waals surface area contributed by atoms with E-state index in [2.05, 4.69) is 0 Å². The summed E-state index contributed by atoms with van der Waals surface area (Å²) in [5.41, 5.74) is 11.8. The molecule has 0 saturated heterocycles. The van der Waals surface area contributed by atoms with Crippen molar-refractivity contribution in [2.24, 2.45) is 11.5 Å². The maximum Gasteiger partial charge on any atom is 0.269 e. The van der Waals surface area contributed by atoms with E-state index in [1.165, 1.54) is 48.5 Å². The van der Waals surface area contributed by atoms with E-state index in [0.29, 0.717) is 35.3 Å². The topological polar surface area (TPSA) is 172 Å². The van der Waals surface area contributed by atoms with Gasteiger partial charge in [0.05, 0.1) is 9.85 Å². The lowest BCUT2D eigenvalue weighted by Gasteiger charge is -2.00. The van der Waals surface area contributed by atoms with Crippen molar-refractivity contribution in [3.05, 3.63) is 152 Å². The number of hydrogen-bond acceptors (Lipinski definition) is 8. The minimum Gasteiger partial charge on any atom is -0.329 e. The molecule has 0 saturated carbocycles. The molecule has 4 rings (SSSR count). The predicted molar refractivity (Wildman–Crippen MR) is 144 cm³/mol. The van der Waals surface area contributed by atoms with Crippen LogP contribution in [0.25, 0.3) is 0 Å². The molecule has 38 heavy (non-hydrogen) atoms. The third kappa shape index (κ3) is 8.86. The van der Waals surface area contributed by atoms with Gasteiger partial charge in [0.15, 0.2) is 11.6 Å². The van der Waals surface area contributed by atoms with E-state index in [1.54, 1.807) is 48.5 Å². The Bertz CT molecular complexity index is 1240. The second-order valence-electron chi connectivity index (χ2n) is 7.58. The summed E-state index contributed by atoms with van der Waals surface area (Å²) in [6, 6.07) is 28.8. The van der Waals surface area contributed by atoms with Crippen LogP contribution >= 0.6 is 0 Å². The number of carbonyl (C=O) groups is 2. The normalized spacial score (nSPS) is 9.63. The van der Waals surface area contributed by atoms with Crippen molar-refractivity contribution < 1.29 is 19.4 Å². The summed E-state index contributed by atoms with van der Waals surface area (Å²) in [6.45, 7) is 1.19. The van der Waals surface area contributed by atoms with Gasteiger partial charge in [-0.05, 0) is 24.3 Å². The molecule has 0 radical (unpaired) electrons. The Morgan fingerprint density at radius 2 is 0.763 bits per heavy atom. The van der Waals surface area contributed by atoms with Crippen LogP contribution in [0.1, 0.15) is 31.8 Å². The number of rotatable bonds is 7. The molecule has 0 aliphatic rings. The van der Waals surface area contributed by atoms with Crippen molar-refractivity contribution in [1.82, 2.24) is 0 Å². The lowest BCUT2D eigenvalue weighted by Crippen LogP contribution is -2.11. The molecular formula is C28H26N4O6. The Morgan fingerprint density at radius 3 is 1.00 bits per heavy atom. The number of non-ortho nitro benzene ring substituents is 2. The Labute approximate surface area is 218 Å². The fourth-order valence-corrected chi connectivity index (χ4v) is 2.98. The lowest BCUT2D eigenvalue weighted by atomic mass is 10.0. The van der Waals surface area contributed by atoms with E-state index in [9.17, 15) is 29.8 Å². The standard InChI is InChI=1S/2C13H9NO3.C2H8N2/c2*15-13(10-4-2-1-3-5-10)11-6-8-12(9-7-11)14(16)17;3-1-2-4/h2*1-9H;1-4H2. The van der Waals surface area contributed by atoms with Gasteiger partial charge >= 0.3 is 0 Å². The van der Waals surface area contributed by atoms with Gasteiger partial charge in [-0.15, -0.1) is 0 Å². The van der Waals surface area contributed by atoms with Crippen LogP contribution in [0.3, 0.4) is 0 Å². The first kappa shape index (κ1) is 29.2. The molecule has 0 bridgehead atoms. The van der Waals surface area contributed by atoms with Crippen molar-refractivity contribution in [3.63, 3.8) is 0 Å². The molecule has 4 N–H and O–H groups in total. The van der Waals surface area contributed by atoms with E-state index < -0.39 is 9.85 Å². The average molecular weight is 515 g/mol.